The third-order valence-electron chi connectivity index (χ3n) is 6.37. The van der Waals surface area contributed by atoms with E-state index in [1.54, 1.807) is 16.8 Å². The number of amides is 3. The molecule has 0 bridgehead atoms. The summed E-state index contributed by atoms with van der Waals surface area (Å²) < 4.78 is 5.44. The van der Waals surface area contributed by atoms with E-state index in [1.165, 1.54) is 5.56 Å². The van der Waals surface area contributed by atoms with Crippen LogP contribution in [0.25, 0.3) is 0 Å². The maximum absolute atomic E-state index is 13.2. The van der Waals surface area contributed by atoms with Gasteiger partial charge in [0.2, 0.25) is 11.8 Å². The molecule has 176 valence electrons. The van der Waals surface area contributed by atoms with E-state index < -0.39 is 11.5 Å². The summed E-state index contributed by atoms with van der Waals surface area (Å²) in [5, 5.41) is 0. The Hall–Kier alpha value is -2.57. The maximum Gasteiger partial charge on any atom is 0.410 e. The van der Waals surface area contributed by atoms with Gasteiger partial charge >= 0.3 is 6.09 Å². The van der Waals surface area contributed by atoms with Crippen molar-refractivity contribution in [3.05, 3.63) is 29.3 Å². The lowest BCUT2D eigenvalue weighted by atomic mass is 9.95. The van der Waals surface area contributed by atoms with Crippen molar-refractivity contribution in [3.63, 3.8) is 0 Å². The second-order valence-corrected chi connectivity index (χ2v) is 10.3. The molecule has 0 saturated carbocycles. The minimum atomic E-state index is -0.612. The molecule has 0 radical (unpaired) electrons. The number of rotatable bonds is 4. The lowest BCUT2D eigenvalue weighted by molar-refractivity contribution is -0.141. The first-order valence-electron chi connectivity index (χ1n) is 11.6. The first-order valence-corrected chi connectivity index (χ1v) is 11.6. The van der Waals surface area contributed by atoms with Crippen molar-refractivity contribution in [2.24, 2.45) is 11.8 Å². The molecule has 2 saturated heterocycles. The highest BCUT2D eigenvalue weighted by atomic mass is 16.6. The molecule has 2 fully saturated rings. The number of carbonyl (C=O) groups excluding carboxylic acids is 3. The quantitative estimate of drug-likeness (QED) is 0.665. The average Bonchev–Trinajstić information content (AvgIpc) is 3.09. The summed E-state index contributed by atoms with van der Waals surface area (Å²) in [6, 6.07) is 5.99. The molecule has 7 heteroatoms. The summed E-state index contributed by atoms with van der Waals surface area (Å²) in [4.78, 5) is 43.8. The zero-order chi connectivity index (χ0) is 23.6. The Morgan fingerprint density at radius 3 is 2.50 bits per heavy atom. The highest BCUT2D eigenvalue weighted by molar-refractivity contribution is 6.09. The smallest absolute Gasteiger partial charge is 0.410 e. The zero-order valence-electron chi connectivity index (χ0n) is 20.3. The molecule has 1 aromatic carbocycles. The molecule has 7 nitrogen and oxygen atoms in total. The van der Waals surface area contributed by atoms with Gasteiger partial charge < -0.3 is 19.4 Å². The predicted molar refractivity (Wildman–Crippen MR) is 125 cm³/mol. The van der Waals surface area contributed by atoms with Crippen LogP contribution >= 0.6 is 0 Å². The van der Waals surface area contributed by atoms with E-state index in [9.17, 15) is 14.4 Å². The van der Waals surface area contributed by atoms with Gasteiger partial charge in [-0.1, -0.05) is 6.07 Å². The molecular formula is C25H37N3O4. The van der Waals surface area contributed by atoms with Crippen LogP contribution in [0.1, 0.15) is 51.2 Å². The number of benzene rings is 1. The van der Waals surface area contributed by atoms with Crippen molar-refractivity contribution < 1.29 is 19.1 Å². The van der Waals surface area contributed by atoms with E-state index in [0.29, 0.717) is 32.6 Å². The Kier molecular flexibility index (Phi) is 7.16. The van der Waals surface area contributed by atoms with Crippen molar-refractivity contribution in [1.29, 1.82) is 0 Å². The van der Waals surface area contributed by atoms with E-state index in [0.717, 1.165) is 24.1 Å². The number of hydrogen-bond donors (Lipinski definition) is 0. The van der Waals surface area contributed by atoms with Crippen LogP contribution in [0.2, 0.25) is 0 Å². The fraction of sp³-hybridized carbons (Fsp3) is 0.640. The first-order chi connectivity index (χ1) is 15.0. The van der Waals surface area contributed by atoms with Crippen LogP contribution in [0.5, 0.6) is 0 Å². The Bertz CT molecular complexity index is 876. The molecule has 2 atom stereocenters. The molecule has 3 rings (SSSR count). The number of likely N-dealkylation sites (tertiary alicyclic amines) is 1. The average molecular weight is 444 g/mol. The fourth-order valence-corrected chi connectivity index (χ4v) is 4.50. The number of anilines is 1. The van der Waals surface area contributed by atoms with Crippen LogP contribution in [0, 0.1) is 25.7 Å². The third-order valence-corrected chi connectivity index (χ3v) is 6.37. The van der Waals surface area contributed by atoms with Crippen molar-refractivity contribution >= 4 is 23.6 Å². The SMILES string of the molecule is Cc1ccc(N2CCC(C(=O)N3CCCC(CN(C)C(=O)OC(C)(C)C)C3)C2=O)cc1C. The monoisotopic (exact) mass is 443 g/mol. The van der Waals surface area contributed by atoms with Crippen molar-refractivity contribution in [3.8, 4) is 0 Å². The Balaban J connectivity index is 1.59. The number of piperidine rings is 1. The molecule has 0 spiro atoms. The summed E-state index contributed by atoms with van der Waals surface area (Å²) >= 11 is 0. The van der Waals surface area contributed by atoms with Crippen LogP contribution in [0.15, 0.2) is 18.2 Å². The second-order valence-electron chi connectivity index (χ2n) is 10.3. The van der Waals surface area contributed by atoms with Gasteiger partial charge in [0.1, 0.15) is 11.5 Å². The molecule has 2 aliphatic heterocycles. The van der Waals surface area contributed by atoms with Gasteiger partial charge in [0.05, 0.1) is 0 Å². The Morgan fingerprint density at radius 2 is 1.84 bits per heavy atom. The lowest BCUT2D eigenvalue weighted by Crippen LogP contribution is -2.47. The number of aryl methyl sites for hydroxylation is 2. The van der Waals surface area contributed by atoms with Crippen LogP contribution in [-0.4, -0.2) is 66.5 Å². The van der Waals surface area contributed by atoms with E-state index in [2.05, 4.69) is 0 Å². The highest BCUT2D eigenvalue weighted by Crippen LogP contribution is 2.29. The number of carbonyl (C=O) groups is 3. The van der Waals surface area contributed by atoms with Gasteiger partial charge in [-0.05, 0) is 83.1 Å². The highest BCUT2D eigenvalue weighted by Gasteiger charge is 2.41. The van der Waals surface area contributed by atoms with Gasteiger partial charge in [0, 0.05) is 38.9 Å². The first kappa shape index (κ1) is 24.1. The normalized spacial score (nSPS) is 21.6. The Labute approximate surface area is 191 Å². The molecule has 1 aromatic rings. The minimum Gasteiger partial charge on any atom is -0.444 e. The molecule has 0 aliphatic carbocycles. The zero-order valence-corrected chi connectivity index (χ0v) is 20.3. The minimum absolute atomic E-state index is 0.0778. The van der Waals surface area contributed by atoms with Gasteiger partial charge in [-0.3, -0.25) is 9.59 Å². The molecule has 2 unspecified atom stereocenters. The molecule has 3 amide bonds. The molecule has 2 aliphatic rings. The summed E-state index contributed by atoms with van der Waals surface area (Å²) in [6.45, 7) is 12.0. The molecular weight excluding hydrogens is 406 g/mol. The van der Waals surface area contributed by atoms with Crippen LogP contribution in [-0.2, 0) is 14.3 Å². The molecule has 0 aromatic heterocycles. The molecule has 0 N–H and O–H groups in total. The fourth-order valence-electron chi connectivity index (χ4n) is 4.50. The van der Waals surface area contributed by atoms with Crippen LogP contribution in [0.4, 0.5) is 10.5 Å². The molecule has 2 heterocycles. The van der Waals surface area contributed by atoms with Crippen molar-refractivity contribution in [2.45, 2.75) is 59.5 Å². The van der Waals surface area contributed by atoms with Gasteiger partial charge in [-0.2, -0.15) is 0 Å². The predicted octanol–water partition coefficient (Wildman–Crippen LogP) is 3.76. The second kappa shape index (κ2) is 9.51. The van der Waals surface area contributed by atoms with Gasteiger partial charge in [-0.15, -0.1) is 0 Å². The standard InChI is InChI=1S/C25H37N3O4/c1-17-9-10-20(14-18(17)2)28-13-11-21(23(28)30)22(29)27-12-7-8-19(16-27)15-26(6)24(31)32-25(3,4)5/h9-10,14,19,21H,7-8,11-13,15-16H2,1-6H3. The van der Waals surface area contributed by atoms with E-state index in [-0.39, 0.29) is 23.8 Å². The van der Waals surface area contributed by atoms with Crippen molar-refractivity contribution in [1.82, 2.24) is 9.80 Å². The number of nitrogens with zero attached hydrogens (tertiary/aromatic N) is 3. The summed E-state index contributed by atoms with van der Waals surface area (Å²) in [5.41, 5.74) is 2.65. The largest absolute Gasteiger partial charge is 0.444 e. The topological polar surface area (TPSA) is 70.2 Å². The lowest BCUT2D eigenvalue weighted by Gasteiger charge is -2.36. The van der Waals surface area contributed by atoms with E-state index in [4.69, 9.17) is 4.74 Å². The molecule has 32 heavy (non-hydrogen) atoms. The van der Waals surface area contributed by atoms with Crippen LogP contribution in [0.3, 0.4) is 0 Å². The van der Waals surface area contributed by atoms with Gasteiger partial charge in [0.25, 0.3) is 0 Å². The van der Waals surface area contributed by atoms with Gasteiger partial charge in [-0.25, -0.2) is 4.79 Å². The summed E-state index contributed by atoms with van der Waals surface area (Å²) in [5.74, 6) is -0.617. The number of ether oxygens (including phenoxy) is 1. The van der Waals surface area contributed by atoms with E-state index in [1.807, 2.05) is 57.7 Å². The maximum atomic E-state index is 13.2. The van der Waals surface area contributed by atoms with Crippen LogP contribution < -0.4 is 4.90 Å². The third kappa shape index (κ3) is 5.61. The Morgan fingerprint density at radius 1 is 1.12 bits per heavy atom. The summed E-state index contributed by atoms with van der Waals surface area (Å²) in [7, 11) is 1.73. The number of hydrogen-bond acceptors (Lipinski definition) is 4. The van der Waals surface area contributed by atoms with Gasteiger partial charge in [0.15, 0.2) is 0 Å². The van der Waals surface area contributed by atoms with Crippen molar-refractivity contribution in [2.75, 3.05) is 38.1 Å². The summed E-state index contributed by atoms with van der Waals surface area (Å²) in [6.07, 6.45) is 2.02. The van der Waals surface area contributed by atoms with E-state index >= 15 is 0 Å².